The Kier molecular flexibility index (Phi) is 5.43. The maximum absolute atomic E-state index is 13.6. The van der Waals surface area contributed by atoms with Crippen LogP contribution in [0.5, 0.6) is 0 Å². The zero-order valence-electron chi connectivity index (χ0n) is 11.9. The Morgan fingerprint density at radius 3 is 2.55 bits per heavy atom. The number of benzene rings is 2. The summed E-state index contributed by atoms with van der Waals surface area (Å²) in [6, 6.07) is 9.49. The molecule has 0 amide bonds. The molecule has 0 bridgehead atoms. The van der Waals surface area contributed by atoms with Crippen molar-refractivity contribution < 1.29 is 14.3 Å². The Labute approximate surface area is 138 Å². The first-order valence-electron chi connectivity index (χ1n) is 6.85. The van der Waals surface area contributed by atoms with Gasteiger partial charge < -0.3 is 5.11 Å². The van der Waals surface area contributed by atoms with E-state index in [0.29, 0.717) is 34.0 Å². The molecule has 0 aliphatic rings. The van der Waals surface area contributed by atoms with E-state index in [1.165, 1.54) is 12.1 Å². The minimum atomic E-state index is -0.840. The van der Waals surface area contributed by atoms with Gasteiger partial charge in [-0.1, -0.05) is 42.3 Å². The highest BCUT2D eigenvalue weighted by atomic mass is 35.5. The number of hydrogen-bond donors (Lipinski definition) is 1. The van der Waals surface area contributed by atoms with Crippen molar-refractivity contribution in [3.63, 3.8) is 0 Å². The number of aliphatic carboxylic acids is 1. The predicted octanol–water partition coefficient (Wildman–Crippen LogP) is 5.45. The van der Waals surface area contributed by atoms with E-state index in [1.54, 1.807) is 31.2 Å². The van der Waals surface area contributed by atoms with Gasteiger partial charge in [0.2, 0.25) is 0 Å². The fourth-order valence-electron chi connectivity index (χ4n) is 2.22. The second kappa shape index (κ2) is 7.12. The minimum Gasteiger partial charge on any atom is -0.481 e. The van der Waals surface area contributed by atoms with E-state index < -0.39 is 11.9 Å². The van der Waals surface area contributed by atoms with Crippen LogP contribution in [0.25, 0.3) is 11.1 Å². The molecule has 0 aliphatic heterocycles. The minimum absolute atomic E-state index is 0.365. The summed E-state index contributed by atoms with van der Waals surface area (Å²) in [5, 5.41) is 9.91. The number of halogens is 3. The van der Waals surface area contributed by atoms with Crippen LogP contribution in [-0.2, 0) is 11.2 Å². The van der Waals surface area contributed by atoms with Gasteiger partial charge >= 0.3 is 5.97 Å². The van der Waals surface area contributed by atoms with Crippen molar-refractivity contribution in [3.05, 3.63) is 57.8 Å². The lowest BCUT2D eigenvalue weighted by Gasteiger charge is -2.13. The molecule has 0 spiro atoms. The number of hydrogen-bond acceptors (Lipinski definition) is 1. The fourth-order valence-corrected chi connectivity index (χ4v) is 2.73. The quantitative estimate of drug-likeness (QED) is 0.785. The van der Waals surface area contributed by atoms with Gasteiger partial charge in [0.05, 0.1) is 5.92 Å². The molecular weight excluding hydrogens is 326 g/mol. The number of carboxylic acids is 1. The second-order valence-electron chi connectivity index (χ2n) is 5.20. The highest BCUT2D eigenvalue weighted by Crippen LogP contribution is 2.33. The molecule has 2 aromatic carbocycles. The Hall–Kier alpha value is -1.58. The first-order valence-corrected chi connectivity index (χ1v) is 7.60. The van der Waals surface area contributed by atoms with Crippen LogP contribution >= 0.6 is 23.2 Å². The summed E-state index contributed by atoms with van der Waals surface area (Å²) in [7, 11) is 0. The number of aryl methyl sites for hydroxylation is 1. The Balaban J connectivity index is 2.37. The number of carbonyl (C=O) groups is 1. The van der Waals surface area contributed by atoms with Crippen LogP contribution in [-0.4, -0.2) is 11.1 Å². The topological polar surface area (TPSA) is 37.3 Å². The van der Waals surface area contributed by atoms with E-state index in [-0.39, 0.29) is 5.82 Å². The molecule has 5 heteroatoms. The average Bonchev–Trinajstić information content (AvgIpc) is 2.45. The van der Waals surface area contributed by atoms with Crippen molar-refractivity contribution in [2.75, 3.05) is 0 Å². The SMILES string of the molecule is C[C@H](CCc1ccc(F)cc1-c1ccc(Cl)cc1Cl)C(=O)O. The van der Waals surface area contributed by atoms with E-state index in [4.69, 9.17) is 28.3 Å². The number of rotatable bonds is 5. The van der Waals surface area contributed by atoms with E-state index >= 15 is 0 Å². The molecule has 0 saturated heterocycles. The second-order valence-corrected chi connectivity index (χ2v) is 6.05. The molecule has 22 heavy (non-hydrogen) atoms. The highest BCUT2D eigenvalue weighted by molar-refractivity contribution is 6.36. The summed E-state index contributed by atoms with van der Waals surface area (Å²) >= 11 is 12.1. The normalized spacial score (nSPS) is 12.2. The van der Waals surface area contributed by atoms with E-state index in [0.717, 1.165) is 5.56 Å². The van der Waals surface area contributed by atoms with Crippen LogP contribution in [0.1, 0.15) is 18.9 Å². The summed E-state index contributed by atoms with van der Waals surface area (Å²) in [5.74, 6) is -1.66. The van der Waals surface area contributed by atoms with E-state index in [1.807, 2.05) is 0 Å². The van der Waals surface area contributed by atoms with Gasteiger partial charge in [0.25, 0.3) is 0 Å². The van der Waals surface area contributed by atoms with Crippen LogP contribution < -0.4 is 0 Å². The first kappa shape index (κ1) is 16.8. The largest absolute Gasteiger partial charge is 0.481 e. The van der Waals surface area contributed by atoms with Gasteiger partial charge in [-0.2, -0.15) is 0 Å². The van der Waals surface area contributed by atoms with Crippen molar-refractivity contribution in [1.29, 1.82) is 0 Å². The maximum Gasteiger partial charge on any atom is 0.306 e. The third-order valence-corrected chi connectivity index (χ3v) is 4.11. The molecule has 0 aliphatic carbocycles. The zero-order chi connectivity index (χ0) is 16.3. The monoisotopic (exact) mass is 340 g/mol. The van der Waals surface area contributed by atoms with Crippen LogP contribution in [0.4, 0.5) is 4.39 Å². The standard InChI is InChI=1S/C17H15Cl2FO2/c1-10(17(21)22)2-3-11-4-6-13(20)9-15(11)14-7-5-12(18)8-16(14)19/h4-10H,2-3H2,1H3,(H,21,22)/t10-/m1/s1. The van der Waals surface area contributed by atoms with E-state index in [9.17, 15) is 9.18 Å². The summed E-state index contributed by atoms with van der Waals surface area (Å²) in [6.07, 6.45) is 1.00. The summed E-state index contributed by atoms with van der Waals surface area (Å²) in [6.45, 7) is 1.65. The molecule has 1 atom stereocenters. The smallest absolute Gasteiger partial charge is 0.306 e. The lowest BCUT2D eigenvalue weighted by atomic mass is 9.93. The van der Waals surface area contributed by atoms with Crippen molar-refractivity contribution >= 4 is 29.2 Å². The van der Waals surface area contributed by atoms with E-state index in [2.05, 4.69) is 0 Å². The van der Waals surface area contributed by atoms with Crippen LogP contribution in [0.15, 0.2) is 36.4 Å². The molecular formula is C17H15Cl2FO2. The Bertz CT molecular complexity index is 701. The third-order valence-electron chi connectivity index (χ3n) is 3.56. The van der Waals surface area contributed by atoms with Crippen molar-refractivity contribution in [3.8, 4) is 11.1 Å². The molecule has 2 aromatic rings. The average molecular weight is 341 g/mol. The molecule has 0 aromatic heterocycles. The van der Waals surface area contributed by atoms with Gasteiger partial charge in [-0.05, 0) is 48.2 Å². The van der Waals surface area contributed by atoms with Gasteiger partial charge in [-0.25, -0.2) is 4.39 Å². The Morgan fingerprint density at radius 1 is 1.18 bits per heavy atom. The maximum atomic E-state index is 13.6. The van der Waals surface area contributed by atoms with Gasteiger partial charge in [0.1, 0.15) is 5.82 Å². The van der Waals surface area contributed by atoms with Crippen molar-refractivity contribution in [2.24, 2.45) is 5.92 Å². The third kappa shape index (κ3) is 3.99. The summed E-state index contributed by atoms with van der Waals surface area (Å²) in [4.78, 5) is 10.9. The predicted molar refractivity (Wildman–Crippen MR) is 87.0 cm³/mol. The zero-order valence-corrected chi connectivity index (χ0v) is 13.5. The Morgan fingerprint density at radius 2 is 1.91 bits per heavy atom. The van der Waals surface area contributed by atoms with Crippen molar-refractivity contribution in [1.82, 2.24) is 0 Å². The number of carboxylic acid groups (broad SMARTS) is 1. The molecule has 0 radical (unpaired) electrons. The molecule has 1 N–H and O–H groups in total. The van der Waals surface area contributed by atoms with Crippen LogP contribution in [0.3, 0.4) is 0 Å². The van der Waals surface area contributed by atoms with Crippen molar-refractivity contribution in [2.45, 2.75) is 19.8 Å². The van der Waals surface area contributed by atoms with Gasteiger partial charge in [0, 0.05) is 15.6 Å². The van der Waals surface area contributed by atoms with Gasteiger partial charge in [-0.15, -0.1) is 0 Å². The molecule has 0 fully saturated rings. The molecule has 116 valence electrons. The van der Waals surface area contributed by atoms with Crippen LogP contribution in [0, 0.1) is 11.7 Å². The molecule has 0 heterocycles. The molecule has 0 unspecified atom stereocenters. The first-order chi connectivity index (χ1) is 10.4. The van der Waals surface area contributed by atoms with Gasteiger partial charge in [-0.3, -0.25) is 4.79 Å². The molecule has 0 saturated carbocycles. The van der Waals surface area contributed by atoms with Crippen LogP contribution in [0.2, 0.25) is 10.0 Å². The van der Waals surface area contributed by atoms with Gasteiger partial charge in [0.15, 0.2) is 0 Å². The summed E-state index contributed by atoms with van der Waals surface area (Å²) in [5.41, 5.74) is 2.21. The lowest BCUT2D eigenvalue weighted by Crippen LogP contribution is -2.10. The fraction of sp³-hybridized carbons (Fsp3) is 0.235. The highest BCUT2D eigenvalue weighted by Gasteiger charge is 2.14. The molecule has 2 rings (SSSR count). The molecule has 2 nitrogen and oxygen atoms in total. The summed E-state index contributed by atoms with van der Waals surface area (Å²) < 4.78 is 13.6. The lowest BCUT2D eigenvalue weighted by molar-refractivity contribution is -0.141.